The maximum Gasteiger partial charge on any atom is 0.168 e. The summed E-state index contributed by atoms with van der Waals surface area (Å²) in [5, 5.41) is 30.1. The summed E-state index contributed by atoms with van der Waals surface area (Å²) in [5.74, 6) is 0. The molecule has 0 spiro atoms. The van der Waals surface area contributed by atoms with Gasteiger partial charge < -0.3 is 21.5 Å². The van der Waals surface area contributed by atoms with Gasteiger partial charge in [0.15, 0.2) is 5.11 Å². The molecule has 0 bridgehead atoms. The summed E-state index contributed by atoms with van der Waals surface area (Å²) < 4.78 is 0. The molecule has 0 heterocycles. The van der Waals surface area contributed by atoms with E-state index in [1.165, 1.54) is 18.2 Å². The van der Waals surface area contributed by atoms with E-state index in [0.717, 1.165) is 0 Å². The van der Waals surface area contributed by atoms with E-state index in [4.69, 9.17) is 16.2 Å². The number of nitrogens with one attached hydrogen (secondary N) is 1. The molecule has 0 saturated heterocycles. The van der Waals surface area contributed by atoms with Gasteiger partial charge in [0.2, 0.25) is 0 Å². The van der Waals surface area contributed by atoms with Crippen molar-refractivity contribution in [2.75, 3.05) is 10.5 Å². The molecule has 1 aromatic rings. The minimum Gasteiger partial charge on any atom is -0.733 e. The maximum absolute atomic E-state index is 10.6. The standard InChI is InChI=1S/C8H7N4O2S/c9-4-5-1-2-6(12(13)14)3-7(5)11-8(10)15/h1-3,13H,(H3,10,11,15)/q-1. The molecule has 0 atom stereocenters. The molecule has 0 amide bonds. The van der Waals surface area contributed by atoms with Gasteiger partial charge in [-0.2, -0.15) is 5.26 Å². The first kappa shape index (κ1) is 11.2. The highest BCUT2D eigenvalue weighted by atomic mass is 32.1. The Morgan fingerprint density at radius 2 is 2.33 bits per heavy atom. The van der Waals surface area contributed by atoms with Crippen molar-refractivity contribution in [1.29, 1.82) is 5.26 Å². The van der Waals surface area contributed by atoms with E-state index >= 15 is 0 Å². The molecule has 0 radical (unpaired) electrons. The summed E-state index contributed by atoms with van der Waals surface area (Å²) in [4.78, 5) is 0. The van der Waals surface area contributed by atoms with Crippen LogP contribution in [-0.2, 0) is 0 Å². The Kier molecular flexibility index (Phi) is 3.41. The van der Waals surface area contributed by atoms with E-state index in [0.29, 0.717) is 0 Å². The molecule has 4 N–H and O–H groups in total. The molecule has 0 aromatic heterocycles. The van der Waals surface area contributed by atoms with Crippen LogP contribution in [0.5, 0.6) is 0 Å². The molecule has 7 heteroatoms. The van der Waals surface area contributed by atoms with Gasteiger partial charge in [0.1, 0.15) is 6.07 Å². The number of nitriles is 1. The molecule has 6 nitrogen and oxygen atoms in total. The molecular formula is C8H7N4O2S-. The fourth-order valence-corrected chi connectivity index (χ4v) is 1.09. The molecular weight excluding hydrogens is 216 g/mol. The highest BCUT2D eigenvalue weighted by Crippen LogP contribution is 2.21. The predicted octanol–water partition coefficient (Wildman–Crippen LogP) is 0.907. The average molecular weight is 223 g/mol. The number of nitrogens with zero attached hydrogens (tertiary/aromatic N) is 2. The van der Waals surface area contributed by atoms with Crippen molar-refractivity contribution in [3.63, 3.8) is 0 Å². The minimum absolute atomic E-state index is 0.0206. The highest BCUT2D eigenvalue weighted by molar-refractivity contribution is 7.80. The Morgan fingerprint density at radius 1 is 1.67 bits per heavy atom. The fraction of sp³-hybridized carbons (Fsp3) is 0. The van der Waals surface area contributed by atoms with Crippen molar-refractivity contribution in [1.82, 2.24) is 0 Å². The Labute approximate surface area is 91.1 Å². The second kappa shape index (κ2) is 4.56. The summed E-state index contributed by atoms with van der Waals surface area (Å²) in [5.41, 5.74) is 5.76. The van der Waals surface area contributed by atoms with E-state index in [1.807, 2.05) is 6.07 Å². The maximum atomic E-state index is 10.6. The van der Waals surface area contributed by atoms with E-state index in [1.54, 1.807) is 0 Å². The van der Waals surface area contributed by atoms with E-state index in [9.17, 15) is 5.21 Å². The first-order chi connectivity index (χ1) is 7.04. The Bertz CT molecular complexity index is 427. The van der Waals surface area contributed by atoms with Crippen molar-refractivity contribution in [2.45, 2.75) is 0 Å². The predicted molar refractivity (Wildman–Crippen MR) is 59.2 cm³/mol. The summed E-state index contributed by atoms with van der Waals surface area (Å²) in [6.45, 7) is 0. The molecule has 0 saturated carbocycles. The van der Waals surface area contributed by atoms with E-state index in [2.05, 4.69) is 17.5 Å². The largest absolute Gasteiger partial charge is 0.733 e. The number of hydrogen-bond acceptors (Lipinski definition) is 5. The van der Waals surface area contributed by atoms with Crippen molar-refractivity contribution in [2.24, 2.45) is 5.73 Å². The summed E-state index contributed by atoms with van der Waals surface area (Å²) >= 11 is 4.60. The first-order valence-corrected chi connectivity index (χ1v) is 4.22. The van der Waals surface area contributed by atoms with Crippen molar-refractivity contribution < 1.29 is 5.21 Å². The van der Waals surface area contributed by atoms with Crippen molar-refractivity contribution >= 4 is 28.7 Å². The Morgan fingerprint density at radius 3 is 2.80 bits per heavy atom. The number of benzene rings is 1. The molecule has 0 aliphatic carbocycles. The van der Waals surface area contributed by atoms with Gasteiger partial charge in [-0.3, -0.25) is 5.21 Å². The molecule has 0 fully saturated rings. The number of hydrogen-bond donors (Lipinski definition) is 3. The van der Waals surface area contributed by atoms with Gasteiger partial charge in [-0.15, -0.1) is 0 Å². The molecule has 1 aromatic carbocycles. The second-order valence-electron chi connectivity index (χ2n) is 2.60. The van der Waals surface area contributed by atoms with Crippen molar-refractivity contribution in [3.8, 4) is 6.07 Å². The molecule has 78 valence electrons. The van der Waals surface area contributed by atoms with E-state index < -0.39 is 0 Å². The Balaban J connectivity index is 3.14. The quantitative estimate of drug-likeness (QED) is 0.505. The van der Waals surface area contributed by atoms with Crippen LogP contribution < -0.4 is 16.3 Å². The molecule has 0 unspecified atom stereocenters. The smallest absolute Gasteiger partial charge is 0.168 e. The lowest BCUT2D eigenvalue weighted by Crippen LogP contribution is -2.20. The van der Waals surface area contributed by atoms with Gasteiger partial charge >= 0.3 is 0 Å². The minimum atomic E-state index is -0.314. The zero-order valence-corrected chi connectivity index (χ0v) is 8.28. The molecule has 15 heavy (non-hydrogen) atoms. The monoisotopic (exact) mass is 223 g/mol. The average Bonchev–Trinajstić information content (AvgIpc) is 2.16. The highest BCUT2D eigenvalue weighted by Gasteiger charge is 2.04. The molecule has 0 aliphatic heterocycles. The van der Waals surface area contributed by atoms with Crippen LogP contribution in [0.2, 0.25) is 0 Å². The van der Waals surface area contributed by atoms with Crippen LogP contribution in [-0.4, -0.2) is 10.3 Å². The summed E-state index contributed by atoms with van der Waals surface area (Å²) in [6.07, 6.45) is 0. The first-order valence-electron chi connectivity index (χ1n) is 3.81. The SMILES string of the molecule is N#Cc1ccc(N([O-])O)cc1NC(N)=S. The van der Waals surface area contributed by atoms with Crippen LogP contribution in [0.3, 0.4) is 0 Å². The summed E-state index contributed by atoms with van der Waals surface area (Å²) in [7, 11) is 0. The zero-order valence-electron chi connectivity index (χ0n) is 7.47. The third-order valence-electron chi connectivity index (χ3n) is 1.60. The van der Waals surface area contributed by atoms with Crippen LogP contribution >= 0.6 is 12.2 Å². The Hall–Kier alpha value is -1.88. The summed E-state index contributed by atoms with van der Waals surface area (Å²) in [6, 6.07) is 5.83. The normalized spacial score (nSPS) is 9.13. The second-order valence-corrected chi connectivity index (χ2v) is 3.04. The molecule has 1 rings (SSSR count). The lowest BCUT2D eigenvalue weighted by Gasteiger charge is -2.22. The topological polar surface area (TPSA) is 108 Å². The third-order valence-corrected chi connectivity index (χ3v) is 1.70. The lowest BCUT2D eigenvalue weighted by atomic mass is 10.2. The number of anilines is 2. The van der Waals surface area contributed by atoms with E-state index in [-0.39, 0.29) is 27.3 Å². The third kappa shape index (κ3) is 2.78. The van der Waals surface area contributed by atoms with Crippen LogP contribution in [0.25, 0.3) is 0 Å². The molecule has 0 aliphatic rings. The number of nitrogens with two attached hydrogens (primary N) is 1. The van der Waals surface area contributed by atoms with Crippen LogP contribution in [0, 0.1) is 16.5 Å². The van der Waals surface area contributed by atoms with Crippen LogP contribution in [0.1, 0.15) is 5.56 Å². The van der Waals surface area contributed by atoms with Crippen LogP contribution in [0.15, 0.2) is 18.2 Å². The van der Waals surface area contributed by atoms with Gasteiger partial charge in [0.25, 0.3) is 0 Å². The van der Waals surface area contributed by atoms with Crippen LogP contribution in [0.4, 0.5) is 11.4 Å². The van der Waals surface area contributed by atoms with Gasteiger partial charge in [-0.25, -0.2) is 0 Å². The van der Waals surface area contributed by atoms with Crippen molar-refractivity contribution in [3.05, 3.63) is 29.0 Å². The number of thiocarbonyl (C=S) groups is 1. The lowest BCUT2D eigenvalue weighted by molar-refractivity contribution is 0.296. The fourth-order valence-electron chi connectivity index (χ4n) is 0.985. The van der Waals surface area contributed by atoms with Gasteiger partial charge in [-0.05, 0) is 30.4 Å². The van der Waals surface area contributed by atoms with Gasteiger partial charge in [-0.1, -0.05) is 0 Å². The van der Waals surface area contributed by atoms with Gasteiger partial charge in [0, 0.05) is 0 Å². The zero-order chi connectivity index (χ0) is 11.4. The van der Waals surface area contributed by atoms with Gasteiger partial charge in [0.05, 0.1) is 16.9 Å². The number of rotatable bonds is 2.